The summed E-state index contributed by atoms with van der Waals surface area (Å²) in [5.41, 5.74) is 0.563. The van der Waals surface area contributed by atoms with Crippen LogP contribution in [0, 0.1) is 0 Å². The van der Waals surface area contributed by atoms with Crippen LogP contribution in [0.3, 0.4) is 0 Å². The number of nitrogens with one attached hydrogen (secondary N) is 1. The van der Waals surface area contributed by atoms with E-state index in [1.807, 2.05) is 18.2 Å². The van der Waals surface area contributed by atoms with Gasteiger partial charge >= 0.3 is 0 Å². The molecule has 1 heterocycles. The number of aromatic nitrogens is 1. The van der Waals surface area contributed by atoms with Gasteiger partial charge in [-0.25, -0.2) is 4.98 Å². The summed E-state index contributed by atoms with van der Waals surface area (Å²) < 4.78 is 0. The number of aliphatic hydroxyl groups excluding tert-OH is 1. The van der Waals surface area contributed by atoms with Crippen LogP contribution in [0.1, 0.15) is 18.6 Å². The van der Waals surface area contributed by atoms with Gasteiger partial charge in [0.15, 0.2) is 0 Å². The number of hydrogen-bond acceptors (Lipinski definition) is 4. The molecule has 0 saturated carbocycles. The maximum absolute atomic E-state index is 12.1. The number of carbonyl (C=O) groups is 1. The average molecular weight is 371 g/mol. The van der Waals surface area contributed by atoms with E-state index in [9.17, 15) is 9.90 Å². The van der Waals surface area contributed by atoms with E-state index in [1.165, 1.54) is 11.8 Å². The molecule has 0 bridgehead atoms. The van der Waals surface area contributed by atoms with E-state index in [2.05, 4.69) is 10.3 Å². The van der Waals surface area contributed by atoms with Gasteiger partial charge in [-0.2, -0.15) is 0 Å². The van der Waals surface area contributed by atoms with Crippen molar-refractivity contribution in [2.75, 3.05) is 6.54 Å². The number of halogens is 2. The van der Waals surface area contributed by atoms with Crippen molar-refractivity contribution in [3.63, 3.8) is 0 Å². The third kappa shape index (κ3) is 5.70. The number of rotatable bonds is 6. The minimum atomic E-state index is -0.873. The molecule has 1 aromatic carbocycles. The third-order valence-corrected chi connectivity index (χ3v) is 4.53. The van der Waals surface area contributed by atoms with E-state index in [1.54, 1.807) is 31.3 Å². The first-order valence-corrected chi connectivity index (χ1v) is 8.58. The lowest BCUT2D eigenvalue weighted by molar-refractivity contribution is -0.120. The van der Waals surface area contributed by atoms with Crippen LogP contribution >= 0.6 is 35.0 Å². The van der Waals surface area contributed by atoms with Crippen LogP contribution in [0.5, 0.6) is 0 Å². The Labute approximate surface area is 149 Å². The summed E-state index contributed by atoms with van der Waals surface area (Å²) >= 11 is 13.2. The van der Waals surface area contributed by atoms with Crippen molar-refractivity contribution in [2.45, 2.75) is 23.3 Å². The lowest BCUT2D eigenvalue weighted by atomic mass is 10.1. The summed E-state index contributed by atoms with van der Waals surface area (Å²) in [4.78, 5) is 16.3. The van der Waals surface area contributed by atoms with Gasteiger partial charge in [-0.3, -0.25) is 4.79 Å². The van der Waals surface area contributed by atoms with Crippen molar-refractivity contribution in [1.82, 2.24) is 10.3 Å². The van der Waals surface area contributed by atoms with Crippen LogP contribution in [0.4, 0.5) is 0 Å². The van der Waals surface area contributed by atoms with Crippen LogP contribution in [0.15, 0.2) is 47.6 Å². The van der Waals surface area contributed by atoms with Gasteiger partial charge in [0.05, 0.1) is 16.4 Å². The van der Waals surface area contributed by atoms with E-state index in [4.69, 9.17) is 23.2 Å². The van der Waals surface area contributed by atoms with E-state index in [0.29, 0.717) is 15.6 Å². The predicted octanol–water partition coefficient (Wildman–Crippen LogP) is 3.72. The van der Waals surface area contributed by atoms with Gasteiger partial charge in [-0.05, 0) is 42.8 Å². The molecule has 4 nitrogen and oxygen atoms in total. The first-order chi connectivity index (χ1) is 11.0. The number of benzene rings is 1. The molecule has 0 radical (unpaired) electrons. The topological polar surface area (TPSA) is 62.2 Å². The molecular formula is C16H16Cl2N2O2S. The van der Waals surface area contributed by atoms with Gasteiger partial charge in [-0.1, -0.05) is 41.0 Å². The highest BCUT2D eigenvalue weighted by atomic mass is 35.5. The second-order valence-electron chi connectivity index (χ2n) is 4.89. The standard InChI is InChI=1S/C16H16Cl2N2O2S/c1-10(23-15-4-2-3-5-19-15)16(22)20-9-14(21)11-6-12(17)8-13(18)7-11/h2-8,10,14,21H,9H2,1H3,(H,20,22)/t10-,14+/m1/s1. The Balaban J connectivity index is 1.88. The Hall–Kier alpha value is -1.27. The second kappa shape index (κ2) is 8.55. The smallest absolute Gasteiger partial charge is 0.233 e. The Morgan fingerprint density at radius 3 is 2.61 bits per heavy atom. The average Bonchev–Trinajstić information content (AvgIpc) is 2.52. The van der Waals surface area contributed by atoms with Crippen LogP contribution in [-0.2, 0) is 4.79 Å². The van der Waals surface area contributed by atoms with E-state index in [0.717, 1.165) is 5.03 Å². The number of pyridine rings is 1. The van der Waals surface area contributed by atoms with Gasteiger partial charge in [0.25, 0.3) is 0 Å². The van der Waals surface area contributed by atoms with Crippen molar-refractivity contribution in [3.8, 4) is 0 Å². The minimum Gasteiger partial charge on any atom is -0.387 e. The summed E-state index contributed by atoms with van der Waals surface area (Å²) in [6.07, 6.45) is 0.807. The molecule has 0 saturated heterocycles. The van der Waals surface area contributed by atoms with Gasteiger partial charge in [0.1, 0.15) is 0 Å². The molecule has 0 aliphatic heterocycles. The zero-order valence-electron chi connectivity index (χ0n) is 12.4. The quantitative estimate of drug-likeness (QED) is 0.760. The predicted molar refractivity (Wildman–Crippen MR) is 94.0 cm³/mol. The summed E-state index contributed by atoms with van der Waals surface area (Å²) in [6, 6.07) is 10.4. The molecule has 2 N–H and O–H groups in total. The fraction of sp³-hybridized carbons (Fsp3) is 0.250. The number of amides is 1. The number of thioether (sulfide) groups is 1. The summed E-state index contributed by atoms with van der Waals surface area (Å²) in [7, 11) is 0. The molecule has 0 fully saturated rings. The van der Waals surface area contributed by atoms with Gasteiger partial charge in [0, 0.05) is 22.8 Å². The first-order valence-electron chi connectivity index (χ1n) is 6.95. The van der Waals surface area contributed by atoms with Crippen molar-refractivity contribution in [3.05, 3.63) is 58.2 Å². The molecule has 2 rings (SSSR count). The highest BCUT2D eigenvalue weighted by Gasteiger charge is 2.17. The Morgan fingerprint density at radius 2 is 2.00 bits per heavy atom. The highest BCUT2D eigenvalue weighted by Crippen LogP contribution is 2.24. The molecule has 122 valence electrons. The molecule has 0 aliphatic carbocycles. The van der Waals surface area contributed by atoms with E-state index < -0.39 is 6.10 Å². The Kier molecular flexibility index (Phi) is 6.72. The zero-order chi connectivity index (χ0) is 16.8. The van der Waals surface area contributed by atoms with Gasteiger partial charge in [-0.15, -0.1) is 0 Å². The maximum atomic E-state index is 12.1. The fourth-order valence-electron chi connectivity index (χ4n) is 1.88. The number of carbonyl (C=O) groups excluding carboxylic acids is 1. The van der Waals surface area contributed by atoms with Crippen LogP contribution in [-0.4, -0.2) is 27.8 Å². The second-order valence-corrected chi connectivity index (χ2v) is 7.13. The van der Waals surface area contributed by atoms with Gasteiger partial charge in [0.2, 0.25) is 5.91 Å². The molecule has 2 aromatic rings. The van der Waals surface area contributed by atoms with Crippen molar-refractivity contribution in [1.29, 1.82) is 0 Å². The minimum absolute atomic E-state index is 0.0859. The van der Waals surface area contributed by atoms with Crippen molar-refractivity contribution < 1.29 is 9.90 Å². The molecule has 1 amide bonds. The molecule has 1 aromatic heterocycles. The normalized spacial score (nSPS) is 13.4. The van der Waals surface area contributed by atoms with Crippen molar-refractivity contribution in [2.24, 2.45) is 0 Å². The fourth-order valence-corrected chi connectivity index (χ4v) is 3.25. The molecule has 23 heavy (non-hydrogen) atoms. The lowest BCUT2D eigenvalue weighted by Crippen LogP contribution is -2.34. The van der Waals surface area contributed by atoms with Crippen molar-refractivity contribution >= 4 is 40.9 Å². The number of aliphatic hydroxyl groups is 1. The Morgan fingerprint density at radius 1 is 1.30 bits per heavy atom. The summed E-state index contributed by atoms with van der Waals surface area (Å²) in [6.45, 7) is 1.87. The molecule has 2 atom stereocenters. The number of nitrogens with zero attached hydrogens (tertiary/aromatic N) is 1. The highest BCUT2D eigenvalue weighted by molar-refractivity contribution is 8.00. The SMILES string of the molecule is C[C@@H](Sc1ccccn1)C(=O)NC[C@H](O)c1cc(Cl)cc(Cl)c1. The van der Waals surface area contributed by atoms with Crippen LogP contribution in [0.2, 0.25) is 10.0 Å². The van der Waals surface area contributed by atoms with Gasteiger partial charge < -0.3 is 10.4 Å². The third-order valence-electron chi connectivity index (χ3n) is 3.04. The van der Waals surface area contributed by atoms with E-state index >= 15 is 0 Å². The first kappa shape index (κ1) is 18.1. The van der Waals surface area contributed by atoms with E-state index in [-0.39, 0.29) is 17.7 Å². The molecular weight excluding hydrogens is 355 g/mol. The molecule has 7 heteroatoms. The molecule has 0 unspecified atom stereocenters. The molecule has 0 spiro atoms. The zero-order valence-corrected chi connectivity index (χ0v) is 14.7. The largest absolute Gasteiger partial charge is 0.387 e. The number of hydrogen-bond donors (Lipinski definition) is 2. The summed E-state index contributed by atoms with van der Waals surface area (Å²) in [5.74, 6) is -0.173. The molecule has 0 aliphatic rings. The van der Waals surface area contributed by atoms with Crippen LogP contribution < -0.4 is 5.32 Å². The lowest BCUT2D eigenvalue weighted by Gasteiger charge is -2.15. The van der Waals surface area contributed by atoms with Crippen LogP contribution in [0.25, 0.3) is 0 Å². The Bertz CT molecular complexity index is 650. The maximum Gasteiger partial charge on any atom is 0.233 e. The monoisotopic (exact) mass is 370 g/mol. The summed E-state index contributed by atoms with van der Waals surface area (Å²) in [5, 5.41) is 14.2.